The summed E-state index contributed by atoms with van der Waals surface area (Å²) in [6, 6.07) is 10.5. The van der Waals surface area contributed by atoms with Crippen molar-refractivity contribution in [2.45, 2.75) is 26.1 Å². The Labute approximate surface area is 177 Å². The Morgan fingerprint density at radius 3 is 2.93 bits per heavy atom. The van der Waals surface area contributed by atoms with Crippen LogP contribution in [0.15, 0.2) is 30.3 Å². The molecule has 4 heterocycles. The molecule has 0 radical (unpaired) electrons. The molecule has 1 aliphatic heterocycles. The van der Waals surface area contributed by atoms with Crippen LogP contribution in [-0.2, 0) is 17.9 Å². The molecule has 3 aromatic heterocycles. The third-order valence-electron chi connectivity index (χ3n) is 5.07. The topological polar surface area (TPSA) is 72.0 Å². The molecule has 0 saturated carbocycles. The van der Waals surface area contributed by atoms with E-state index in [1.165, 1.54) is 20.7 Å². The quantitative estimate of drug-likeness (QED) is 0.467. The summed E-state index contributed by atoms with van der Waals surface area (Å²) in [5, 5.41) is 9.96. The molecule has 148 valence electrons. The molecule has 2 N–H and O–H groups in total. The van der Waals surface area contributed by atoms with Crippen molar-refractivity contribution in [3.63, 3.8) is 0 Å². The molecule has 4 aromatic rings. The highest BCUT2D eigenvalue weighted by Crippen LogP contribution is 2.41. The van der Waals surface area contributed by atoms with Gasteiger partial charge >= 0.3 is 0 Å². The summed E-state index contributed by atoms with van der Waals surface area (Å²) in [6.07, 6.45) is 0. The van der Waals surface area contributed by atoms with Gasteiger partial charge in [0.15, 0.2) is 5.82 Å². The lowest BCUT2D eigenvalue weighted by Crippen LogP contribution is -2.29. The number of nitrogens with one attached hydrogen (secondary N) is 2. The van der Waals surface area contributed by atoms with Crippen molar-refractivity contribution in [3.8, 4) is 11.4 Å². The summed E-state index contributed by atoms with van der Waals surface area (Å²) in [5.41, 5.74) is 3.63. The summed E-state index contributed by atoms with van der Waals surface area (Å²) >= 11 is 8.01. The van der Waals surface area contributed by atoms with Crippen LogP contribution in [0.5, 0.6) is 0 Å². The Hall–Kier alpha value is -2.32. The molecule has 0 saturated heterocycles. The van der Waals surface area contributed by atoms with Crippen molar-refractivity contribution in [3.05, 3.63) is 46.2 Å². The van der Waals surface area contributed by atoms with Crippen LogP contribution >= 0.6 is 22.9 Å². The minimum absolute atomic E-state index is 0.306. The number of hydrogen-bond acceptors (Lipinski definition) is 7. The van der Waals surface area contributed by atoms with Crippen molar-refractivity contribution in [2.75, 3.05) is 19.0 Å². The molecular formula is C21H20ClN5OS. The van der Waals surface area contributed by atoms with Gasteiger partial charge in [-0.05, 0) is 31.2 Å². The van der Waals surface area contributed by atoms with Gasteiger partial charge in [0.2, 0.25) is 0 Å². The molecule has 0 aliphatic carbocycles. The minimum Gasteiger partial charge on any atom is -0.382 e. The maximum atomic E-state index is 6.18. The van der Waals surface area contributed by atoms with E-state index in [-0.39, 0.29) is 0 Å². The highest BCUT2D eigenvalue weighted by molar-refractivity contribution is 7.20. The smallest absolute Gasteiger partial charge is 0.156 e. The van der Waals surface area contributed by atoms with Crippen molar-refractivity contribution < 1.29 is 4.74 Å². The normalized spacial score (nSPS) is 16.6. The largest absolute Gasteiger partial charge is 0.382 e. The van der Waals surface area contributed by atoms with Gasteiger partial charge in [0.05, 0.1) is 22.6 Å². The van der Waals surface area contributed by atoms with Gasteiger partial charge in [-0.2, -0.15) is 0 Å². The zero-order valence-electron chi connectivity index (χ0n) is 16.1. The lowest BCUT2D eigenvalue weighted by atomic mass is 10.1. The second-order valence-electron chi connectivity index (χ2n) is 7.19. The number of pyridine rings is 1. The number of fused-ring (bicyclic) bond motifs is 5. The average molecular weight is 426 g/mol. The van der Waals surface area contributed by atoms with Crippen LogP contribution in [-0.4, -0.2) is 34.6 Å². The second kappa shape index (κ2) is 7.50. The zero-order chi connectivity index (χ0) is 20.0. The SMILES string of the molecule is COCc1nc(Cl)cc(-c2ccc3c(ccc4sc5c(c43)NC[C@@H](C)NC5)n2)n1. The third kappa shape index (κ3) is 3.44. The van der Waals surface area contributed by atoms with Crippen molar-refractivity contribution in [1.29, 1.82) is 0 Å². The van der Waals surface area contributed by atoms with Crippen molar-refractivity contribution >= 4 is 49.6 Å². The maximum absolute atomic E-state index is 6.18. The van der Waals surface area contributed by atoms with E-state index in [2.05, 4.69) is 45.7 Å². The molecule has 0 bridgehead atoms. The summed E-state index contributed by atoms with van der Waals surface area (Å²) < 4.78 is 6.41. The summed E-state index contributed by atoms with van der Waals surface area (Å²) in [4.78, 5) is 15.0. The van der Waals surface area contributed by atoms with Gasteiger partial charge < -0.3 is 15.4 Å². The van der Waals surface area contributed by atoms with Crippen LogP contribution in [0.25, 0.3) is 32.4 Å². The van der Waals surface area contributed by atoms with Crippen molar-refractivity contribution in [1.82, 2.24) is 20.3 Å². The first-order valence-corrected chi connectivity index (χ1v) is 10.7. The number of nitrogens with zero attached hydrogens (tertiary/aromatic N) is 3. The lowest BCUT2D eigenvalue weighted by molar-refractivity contribution is 0.178. The first kappa shape index (κ1) is 18.7. The molecule has 8 heteroatoms. The van der Waals surface area contributed by atoms with Gasteiger partial charge in [0, 0.05) is 52.7 Å². The fourth-order valence-corrected chi connectivity index (χ4v) is 5.04. The van der Waals surface area contributed by atoms with Gasteiger partial charge in [-0.15, -0.1) is 11.3 Å². The molecule has 1 atom stereocenters. The molecule has 0 amide bonds. The first-order valence-electron chi connectivity index (χ1n) is 9.47. The van der Waals surface area contributed by atoms with E-state index in [1.54, 1.807) is 13.2 Å². The third-order valence-corrected chi connectivity index (χ3v) is 6.42. The zero-order valence-corrected chi connectivity index (χ0v) is 17.7. The second-order valence-corrected chi connectivity index (χ2v) is 8.71. The van der Waals surface area contributed by atoms with E-state index < -0.39 is 0 Å². The molecular weight excluding hydrogens is 406 g/mol. The number of ether oxygens (including phenoxy) is 1. The van der Waals surface area contributed by atoms with E-state index in [0.29, 0.717) is 29.3 Å². The van der Waals surface area contributed by atoms with Gasteiger partial charge in [0.25, 0.3) is 0 Å². The van der Waals surface area contributed by atoms with E-state index in [1.807, 2.05) is 17.4 Å². The Balaban J connectivity index is 1.64. The molecule has 6 nitrogen and oxygen atoms in total. The molecule has 1 aromatic carbocycles. The Kier molecular flexibility index (Phi) is 4.83. The minimum atomic E-state index is 0.306. The number of methoxy groups -OCH3 is 1. The van der Waals surface area contributed by atoms with Gasteiger partial charge in [0.1, 0.15) is 11.8 Å². The van der Waals surface area contributed by atoms with E-state index in [9.17, 15) is 0 Å². The molecule has 0 unspecified atom stereocenters. The molecule has 0 spiro atoms. The van der Waals surface area contributed by atoms with Crippen LogP contribution in [0.3, 0.4) is 0 Å². The highest BCUT2D eigenvalue weighted by Gasteiger charge is 2.19. The fraction of sp³-hybridized carbons (Fsp3) is 0.286. The van der Waals surface area contributed by atoms with Gasteiger partial charge in [-0.25, -0.2) is 15.0 Å². The molecule has 0 fully saturated rings. The van der Waals surface area contributed by atoms with Crippen LogP contribution in [0.1, 0.15) is 17.6 Å². The Morgan fingerprint density at radius 2 is 2.07 bits per heavy atom. The number of rotatable bonds is 3. The van der Waals surface area contributed by atoms with Gasteiger partial charge in [-0.1, -0.05) is 11.6 Å². The monoisotopic (exact) mass is 425 g/mol. The molecule has 5 rings (SSSR count). The highest BCUT2D eigenvalue weighted by atomic mass is 35.5. The van der Waals surface area contributed by atoms with E-state index in [0.717, 1.165) is 29.7 Å². The van der Waals surface area contributed by atoms with E-state index >= 15 is 0 Å². The number of aromatic nitrogens is 3. The summed E-state index contributed by atoms with van der Waals surface area (Å²) in [5.74, 6) is 0.543. The summed E-state index contributed by atoms with van der Waals surface area (Å²) in [7, 11) is 1.61. The van der Waals surface area contributed by atoms with E-state index in [4.69, 9.17) is 21.3 Å². The average Bonchev–Trinajstić information content (AvgIpc) is 2.98. The number of thiophene rings is 1. The van der Waals surface area contributed by atoms with Gasteiger partial charge in [-0.3, -0.25) is 0 Å². The van der Waals surface area contributed by atoms with Crippen LogP contribution in [0, 0.1) is 0 Å². The fourth-order valence-electron chi connectivity index (χ4n) is 3.69. The summed E-state index contributed by atoms with van der Waals surface area (Å²) in [6.45, 7) is 4.29. The van der Waals surface area contributed by atoms with Crippen LogP contribution in [0.4, 0.5) is 5.69 Å². The molecule has 29 heavy (non-hydrogen) atoms. The number of anilines is 1. The lowest BCUT2D eigenvalue weighted by Gasteiger charge is -2.10. The number of halogens is 1. The van der Waals surface area contributed by atoms with Crippen LogP contribution < -0.4 is 10.6 Å². The predicted octanol–water partition coefficient (Wildman–Crippen LogP) is 4.61. The number of hydrogen-bond donors (Lipinski definition) is 2. The van der Waals surface area contributed by atoms with Crippen LogP contribution in [0.2, 0.25) is 5.15 Å². The standard InChI is InChI=1S/C21H20ClN5OS/c1-11-8-24-21-17(9-23-11)29-16-6-5-13-12(20(16)21)3-4-14(25-13)15-7-18(22)27-19(26-15)10-28-2/h3-7,11,23-24H,8-10H2,1-2H3/t11-/m1/s1. The van der Waals surface area contributed by atoms with Crippen molar-refractivity contribution in [2.24, 2.45) is 0 Å². The number of benzene rings is 1. The Morgan fingerprint density at radius 1 is 1.17 bits per heavy atom. The maximum Gasteiger partial charge on any atom is 0.156 e. The molecule has 1 aliphatic rings. The Bertz CT molecular complexity index is 1220. The first-order chi connectivity index (χ1) is 14.1. The predicted molar refractivity (Wildman–Crippen MR) is 119 cm³/mol.